The predicted molar refractivity (Wildman–Crippen MR) is 107 cm³/mol. The van der Waals surface area contributed by atoms with Crippen LogP contribution in [-0.4, -0.2) is 18.5 Å². The maximum absolute atomic E-state index is 13.3. The first kappa shape index (κ1) is 17.8. The van der Waals surface area contributed by atoms with Crippen LogP contribution < -0.4 is 0 Å². The van der Waals surface area contributed by atoms with Crippen LogP contribution in [0.4, 0.5) is 0 Å². The number of hydrazone groups is 1. The van der Waals surface area contributed by atoms with E-state index in [1.165, 1.54) is 4.41 Å². The lowest BCUT2D eigenvalue weighted by Gasteiger charge is -2.23. The SMILES string of the molecule is O=S(=O)(c1ccccc1)N1N=C(c2ccccc2)CC1c1ccc(Cl)cc1. The Kier molecular flexibility index (Phi) is 4.72. The molecule has 0 aliphatic carbocycles. The van der Waals surface area contributed by atoms with Crippen LogP contribution in [0, 0.1) is 0 Å². The maximum atomic E-state index is 13.3. The van der Waals surface area contributed by atoms with Crippen LogP contribution >= 0.6 is 11.6 Å². The highest BCUT2D eigenvalue weighted by molar-refractivity contribution is 7.89. The van der Waals surface area contributed by atoms with Crippen molar-refractivity contribution < 1.29 is 8.42 Å². The fourth-order valence-electron chi connectivity index (χ4n) is 3.15. The average molecular weight is 397 g/mol. The van der Waals surface area contributed by atoms with Gasteiger partial charge in [-0.2, -0.15) is 17.9 Å². The summed E-state index contributed by atoms with van der Waals surface area (Å²) in [7, 11) is -3.77. The van der Waals surface area contributed by atoms with Crippen LogP contribution in [0.2, 0.25) is 5.02 Å². The molecule has 27 heavy (non-hydrogen) atoms. The van der Waals surface area contributed by atoms with Crippen molar-refractivity contribution in [1.29, 1.82) is 0 Å². The Balaban J connectivity index is 1.80. The molecule has 0 saturated heterocycles. The molecule has 0 N–H and O–H groups in total. The summed E-state index contributed by atoms with van der Waals surface area (Å²) in [4.78, 5) is 0.224. The zero-order chi connectivity index (χ0) is 18.9. The molecule has 1 atom stereocenters. The molecule has 0 radical (unpaired) electrons. The summed E-state index contributed by atoms with van der Waals surface area (Å²) < 4.78 is 27.7. The van der Waals surface area contributed by atoms with E-state index in [2.05, 4.69) is 5.10 Å². The van der Waals surface area contributed by atoms with Gasteiger partial charge >= 0.3 is 0 Å². The van der Waals surface area contributed by atoms with E-state index < -0.39 is 16.1 Å². The number of nitrogens with zero attached hydrogens (tertiary/aromatic N) is 2. The summed E-state index contributed by atoms with van der Waals surface area (Å²) in [5, 5.41) is 5.13. The van der Waals surface area contributed by atoms with Crippen molar-refractivity contribution in [1.82, 2.24) is 4.41 Å². The van der Waals surface area contributed by atoms with E-state index in [0.29, 0.717) is 11.4 Å². The van der Waals surface area contributed by atoms with Crippen LogP contribution in [0.1, 0.15) is 23.6 Å². The Morgan fingerprint density at radius 2 is 1.44 bits per heavy atom. The Labute approximate surface area is 163 Å². The third kappa shape index (κ3) is 3.48. The lowest BCUT2D eigenvalue weighted by atomic mass is 9.99. The predicted octanol–water partition coefficient (Wildman–Crippen LogP) is 4.88. The van der Waals surface area contributed by atoms with Crippen molar-refractivity contribution in [2.24, 2.45) is 5.10 Å². The number of halogens is 1. The first-order valence-electron chi connectivity index (χ1n) is 8.53. The summed E-state index contributed by atoms with van der Waals surface area (Å²) >= 11 is 6.00. The van der Waals surface area contributed by atoms with Gasteiger partial charge in [-0.3, -0.25) is 0 Å². The fraction of sp³-hybridized carbons (Fsp3) is 0.0952. The first-order valence-corrected chi connectivity index (χ1v) is 10.4. The van der Waals surface area contributed by atoms with Gasteiger partial charge < -0.3 is 0 Å². The van der Waals surface area contributed by atoms with E-state index in [0.717, 1.165) is 16.8 Å². The molecule has 136 valence electrons. The van der Waals surface area contributed by atoms with E-state index in [1.54, 1.807) is 42.5 Å². The van der Waals surface area contributed by atoms with Gasteiger partial charge in [0.05, 0.1) is 16.6 Å². The molecule has 3 aromatic carbocycles. The molecule has 0 spiro atoms. The van der Waals surface area contributed by atoms with E-state index >= 15 is 0 Å². The van der Waals surface area contributed by atoms with Crippen LogP contribution in [0.25, 0.3) is 0 Å². The summed E-state index contributed by atoms with van der Waals surface area (Å²) in [5.74, 6) is 0. The zero-order valence-corrected chi connectivity index (χ0v) is 15.9. The molecule has 3 aromatic rings. The Morgan fingerprint density at radius 3 is 2.07 bits per heavy atom. The largest absolute Gasteiger partial charge is 0.279 e. The molecule has 6 heteroatoms. The van der Waals surface area contributed by atoms with Crippen molar-refractivity contribution in [3.05, 3.63) is 101 Å². The molecule has 1 unspecified atom stereocenters. The smallest absolute Gasteiger partial charge is 0.200 e. The van der Waals surface area contributed by atoms with Crippen molar-refractivity contribution in [2.45, 2.75) is 17.4 Å². The number of rotatable bonds is 4. The summed E-state index contributed by atoms with van der Waals surface area (Å²) in [6, 6.07) is 24.9. The highest BCUT2D eigenvalue weighted by atomic mass is 35.5. The maximum Gasteiger partial charge on any atom is 0.279 e. The molecule has 1 heterocycles. The highest BCUT2D eigenvalue weighted by Gasteiger charge is 2.37. The van der Waals surface area contributed by atoms with Crippen molar-refractivity contribution in [3.63, 3.8) is 0 Å². The van der Waals surface area contributed by atoms with Gasteiger partial charge in [-0.15, -0.1) is 0 Å². The molecule has 1 aliphatic rings. The zero-order valence-electron chi connectivity index (χ0n) is 14.4. The topological polar surface area (TPSA) is 49.7 Å². The summed E-state index contributed by atoms with van der Waals surface area (Å²) in [5.41, 5.74) is 2.52. The third-order valence-electron chi connectivity index (χ3n) is 4.52. The molecule has 1 aliphatic heterocycles. The van der Waals surface area contributed by atoms with Gasteiger partial charge in [0.25, 0.3) is 10.0 Å². The Morgan fingerprint density at radius 1 is 0.852 bits per heavy atom. The fourth-order valence-corrected chi connectivity index (χ4v) is 4.73. The monoisotopic (exact) mass is 396 g/mol. The van der Waals surface area contributed by atoms with Crippen LogP contribution in [0.3, 0.4) is 0 Å². The van der Waals surface area contributed by atoms with Gasteiger partial charge in [0, 0.05) is 11.4 Å². The average Bonchev–Trinajstić information content (AvgIpc) is 3.16. The van der Waals surface area contributed by atoms with Crippen molar-refractivity contribution >= 4 is 27.3 Å². The minimum Gasteiger partial charge on any atom is -0.200 e. The van der Waals surface area contributed by atoms with E-state index in [-0.39, 0.29) is 4.90 Å². The Bertz CT molecular complexity index is 1070. The lowest BCUT2D eigenvalue weighted by molar-refractivity contribution is 0.371. The van der Waals surface area contributed by atoms with Gasteiger partial charge in [0.1, 0.15) is 0 Å². The Hall–Kier alpha value is -2.63. The third-order valence-corrected chi connectivity index (χ3v) is 6.47. The normalized spacial score (nSPS) is 17.0. The minimum absolute atomic E-state index is 0.224. The number of benzene rings is 3. The number of hydrogen-bond acceptors (Lipinski definition) is 3. The van der Waals surface area contributed by atoms with Crippen LogP contribution in [-0.2, 0) is 10.0 Å². The molecule has 0 aromatic heterocycles. The van der Waals surface area contributed by atoms with Gasteiger partial charge in [-0.05, 0) is 35.4 Å². The number of hydrogen-bond donors (Lipinski definition) is 0. The van der Waals surface area contributed by atoms with Gasteiger partial charge in [0.15, 0.2) is 0 Å². The second-order valence-corrected chi connectivity index (χ2v) is 8.51. The second kappa shape index (κ2) is 7.18. The van der Waals surface area contributed by atoms with Gasteiger partial charge in [-0.25, -0.2) is 0 Å². The van der Waals surface area contributed by atoms with E-state index in [9.17, 15) is 8.42 Å². The van der Waals surface area contributed by atoms with Crippen LogP contribution in [0.5, 0.6) is 0 Å². The van der Waals surface area contributed by atoms with E-state index in [1.807, 2.05) is 42.5 Å². The molecule has 4 rings (SSSR count). The molecule has 0 bridgehead atoms. The van der Waals surface area contributed by atoms with Crippen molar-refractivity contribution in [2.75, 3.05) is 0 Å². The first-order chi connectivity index (χ1) is 13.1. The molecular formula is C21H17ClN2O2S. The minimum atomic E-state index is -3.77. The molecule has 4 nitrogen and oxygen atoms in total. The van der Waals surface area contributed by atoms with Gasteiger partial charge in [-0.1, -0.05) is 72.3 Å². The molecule has 0 fully saturated rings. The summed E-state index contributed by atoms with van der Waals surface area (Å²) in [6.07, 6.45) is 0.498. The number of sulfonamides is 1. The molecule has 0 amide bonds. The van der Waals surface area contributed by atoms with Gasteiger partial charge in [0.2, 0.25) is 0 Å². The lowest BCUT2D eigenvalue weighted by Crippen LogP contribution is -2.27. The highest BCUT2D eigenvalue weighted by Crippen LogP contribution is 2.37. The second-order valence-electron chi connectivity index (χ2n) is 6.27. The summed E-state index contributed by atoms with van der Waals surface area (Å²) in [6.45, 7) is 0. The standard InChI is InChI=1S/C21H17ClN2O2S/c22-18-13-11-17(12-14-18)21-15-20(16-7-3-1-4-8-16)23-24(21)27(25,26)19-9-5-2-6-10-19/h1-14,21H,15H2. The van der Waals surface area contributed by atoms with Crippen molar-refractivity contribution in [3.8, 4) is 0 Å². The van der Waals surface area contributed by atoms with E-state index in [4.69, 9.17) is 11.6 Å². The van der Waals surface area contributed by atoms with Crippen LogP contribution in [0.15, 0.2) is 94.9 Å². The molecular weight excluding hydrogens is 380 g/mol. The quantitative estimate of drug-likeness (QED) is 0.631. The molecule has 0 saturated carbocycles.